The van der Waals surface area contributed by atoms with E-state index < -0.39 is 18.0 Å². The van der Waals surface area contributed by atoms with Crippen molar-refractivity contribution < 1.29 is 14.3 Å². The van der Waals surface area contributed by atoms with Gasteiger partial charge in [0.2, 0.25) is 0 Å². The van der Waals surface area contributed by atoms with Crippen molar-refractivity contribution in [3.05, 3.63) is 30.1 Å². The van der Waals surface area contributed by atoms with Crippen molar-refractivity contribution in [2.24, 2.45) is 16.3 Å². The first-order valence-electron chi connectivity index (χ1n) is 8.66. The molecule has 1 aromatic heterocycles. The summed E-state index contributed by atoms with van der Waals surface area (Å²) in [6, 6.07) is 4.62. The van der Waals surface area contributed by atoms with Crippen molar-refractivity contribution in [3.8, 4) is 0 Å². The van der Waals surface area contributed by atoms with Crippen LogP contribution in [0.4, 0.5) is 4.79 Å². The van der Waals surface area contributed by atoms with E-state index in [-0.39, 0.29) is 17.5 Å². The van der Waals surface area contributed by atoms with Gasteiger partial charge in [-0.25, -0.2) is 14.8 Å². The van der Waals surface area contributed by atoms with Crippen LogP contribution in [0.2, 0.25) is 0 Å². The molecule has 2 aromatic rings. The predicted molar refractivity (Wildman–Crippen MR) is 99.0 cm³/mol. The maximum absolute atomic E-state index is 12.9. The highest BCUT2D eigenvalue weighted by atomic mass is 16.5. The molecule has 3 unspecified atom stereocenters. The third kappa shape index (κ3) is 3.47. The van der Waals surface area contributed by atoms with E-state index in [1.807, 2.05) is 45.9 Å². The molecule has 3 rings (SSSR count). The Labute approximate surface area is 152 Å². The van der Waals surface area contributed by atoms with E-state index in [1.165, 1.54) is 0 Å². The number of imidazole rings is 1. The van der Waals surface area contributed by atoms with E-state index in [1.54, 1.807) is 13.3 Å². The molecule has 0 spiro atoms. The van der Waals surface area contributed by atoms with Crippen LogP contribution in [0.1, 0.15) is 46.2 Å². The second-order valence-electron chi connectivity index (χ2n) is 7.78. The van der Waals surface area contributed by atoms with Crippen LogP contribution in [0, 0.1) is 11.3 Å². The molecule has 3 atom stereocenters. The van der Waals surface area contributed by atoms with Crippen molar-refractivity contribution in [3.63, 3.8) is 0 Å². The summed E-state index contributed by atoms with van der Waals surface area (Å²) in [5.41, 5.74) is 2.74. The van der Waals surface area contributed by atoms with Crippen molar-refractivity contribution >= 4 is 28.7 Å². The zero-order chi connectivity index (χ0) is 19.1. The summed E-state index contributed by atoms with van der Waals surface area (Å²) in [6.45, 7) is 9.60. The molecule has 2 amide bonds. The summed E-state index contributed by atoms with van der Waals surface area (Å²) in [5, 5.41) is 2.80. The minimum Gasteiger partial charge on any atom is -0.462 e. The first-order valence-corrected chi connectivity index (χ1v) is 8.66. The third-order valence-electron chi connectivity index (χ3n) is 4.91. The Balaban J connectivity index is 1.94. The van der Waals surface area contributed by atoms with Gasteiger partial charge in [-0.15, -0.1) is 0 Å². The van der Waals surface area contributed by atoms with E-state index in [0.29, 0.717) is 5.71 Å². The molecular formula is C19H24N4O3. The van der Waals surface area contributed by atoms with E-state index in [4.69, 9.17) is 4.74 Å². The average Bonchev–Trinajstić information content (AvgIpc) is 3.00. The number of amides is 2. The Kier molecular flexibility index (Phi) is 4.56. The highest BCUT2D eigenvalue weighted by Gasteiger charge is 2.39. The number of ether oxygens (including phenoxy) is 1. The monoisotopic (exact) mass is 356 g/mol. The molecule has 1 aliphatic heterocycles. The first-order chi connectivity index (χ1) is 12.2. The number of nitrogens with zero attached hydrogens (tertiary/aromatic N) is 2. The maximum atomic E-state index is 12.9. The molecule has 0 saturated heterocycles. The van der Waals surface area contributed by atoms with Crippen molar-refractivity contribution in [2.45, 2.75) is 46.8 Å². The minimum absolute atomic E-state index is 0.178. The highest BCUT2D eigenvalue weighted by molar-refractivity contribution is 6.08. The van der Waals surface area contributed by atoms with Crippen LogP contribution in [-0.4, -0.2) is 33.8 Å². The molecule has 7 nitrogen and oxygen atoms in total. The number of aromatic nitrogens is 2. The van der Waals surface area contributed by atoms with Crippen molar-refractivity contribution in [1.29, 1.82) is 0 Å². The summed E-state index contributed by atoms with van der Waals surface area (Å²) in [5.74, 6) is -1.05. The molecule has 0 fully saturated rings. The van der Waals surface area contributed by atoms with Crippen molar-refractivity contribution in [1.82, 2.24) is 15.3 Å². The fourth-order valence-corrected chi connectivity index (χ4v) is 2.87. The van der Waals surface area contributed by atoms with Crippen molar-refractivity contribution in [2.75, 3.05) is 0 Å². The number of fused-ring (bicyclic) bond motifs is 1. The van der Waals surface area contributed by atoms with Gasteiger partial charge in [-0.05, 0) is 37.0 Å². The van der Waals surface area contributed by atoms with Gasteiger partial charge in [-0.2, -0.15) is 0 Å². The number of hydrogen-bond donors (Lipinski definition) is 2. The second-order valence-corrected chi connectivity index (χ2v) is 7.78. The Morgan fingerprint density at radius 3 is 2.73 bits per heavy atom. The summed E-state index contributed by atoms with van der Waals surface area (Å²) in [6.07, 6.45) is 1.34. The van der Waals surface area contributed by atoms with E-state index in [2.05, 4.69) is 20.3 Å². The Morgan fingerprint density at radius 1 is 1.31 bits per heavy atom. The number of rotatable bonds is 3. The molecule has 0 saturated carbocycles. The van der Waals surface area contributed by atoms with E-state index in [9.17, 15) is 9.59 Å². The van der Waals surface area contributed by atoms with Gasteiger partial charge in [0, 0.05) is 5.71 Å². The van der Waals surface area contributed by atoms with Crippen LogP contribution in [-0.2, 0) is 9.53 Å². The molecule has 26 heavy (non-hydrogen) atoms. The number of esters is 1. The SMILES string of the molecule is CC1=NC(=O)NC(c2ccc3nc[nH]c3c2)C1C(=O)OC(C)C(C)(C)C. The zero-order valence-corrected chi connectivity index (χ0v) is 15.7. The largest absolute Gasteiger partial charge is 0.462 e. The summed E-state index contributed by atoms with van der Waals surface area (Å²) < 4.78 is 5.69. The molecule has 7 heteroatoms. The summed E-state index contributed by atoms with van der Waals surface area (Å²) in [7, 11) is 0. The molecule has 0 bridgehead atoms. The van der Waals surface area contributed by atoms with E-state index in [0.717, 1.165) is 16.6 Å². The van der Waals surface area contributed by atoms with Gasteiger partial charge >= 0.3 is 12.0 Å². The molecule has 2 heterocycles. The number of aliphatic imine (C=N–C) groups is 1. The van der Waals surface area contributed by atoms with Gasteiger partial charge in [0.15, 0.2) is 0 Å². The molecule has 1 aliphatic rings. The van der Waals surface area contributed by atoms with Crippen LogP contribution >= 0.6 is 0 Å². The Bertz CT molecular complexity index is 878. The molecule has 138 valence electrons. The number of H-pyrrole nitrogens is 1. The maximum Gasteiger partial charge on any atom is 0.341 e. The van der Waals surface area contributed by atoms with Gasteiger partial charge in [0.05, 0.1) is 23.4 Å². The number of aromatic amines is 1. The molecule has 2 N–H and O–H groups in total. The third-order valence-corrected chi connectivity index (χ3v) is 4.91. The normalized spacial score (nSPS) is 21.9. The average molecular weight is 356 g/mol. The predicted octanol–water partition coefficient (Wildman–Crippen LogP) is 3.38. The van der Waals surface area contributed by atoms with Gasteiger partial charge in [0.25, 0.3) is 0 Å². The van der Waals surface area contributed by atoms with Gasteiger partial charge < -0.3 is 15.0 Å². The fourth-order valence-electron chi connectivity index (χ4n) is 2.87. The topological polar surface area (TPSA) is 96.4 Å². The Hall–Kier alpha value is -2.70. The minimum atomic E-state index is -0.669. The van der Waals surface area contributed by atoms with Crippen LogP contribution in [0.5, 0.6) is 0 Å². The number of carbonyl (C=O) groups excluding carboxylic acids is 2. The quantitative estimate of drug-likeness (QED) is 0.824. The molecule has 0 aliphatic carbocycles. The lowest BCUT2D eigenvalue weighted by molar-refractivity contribution is -0.156. The second kappa shape index (κ2) is 6.55. The molecule has 0 radical (unpaired) electrons. The number of hydrogen-bond acceptors (Lipinski definition) is 4. The lowest BCUT2D eigenvalue weighted by atomic mass is 9.87. The van der Waals surface area contributed by atoms with Crippen LogP contribution in [0.3, 0.4) is 0 Å². The standard InChI is InChI=1S/C19H24N4O3/c1-10-15(17(24)26-11(2)19(3,4)5)16(23-18(25)22-10)12-6-7-13-14(8-12)21-9-20-13/h6-9,11,15-16H,1-5H3,(H,20,21)(H,23,25). The lowest BCUT2D eigenvalue weighted by Crippen LogP contribution is -2.45. The highest BCUT2D eigenvalue weighted by Crippen LogP contribution is 2.31. The lowest BCUT2D eigenvalue weighted by Gasteiger charge is -2.33. The number of urea groups is 1. The smallest absolute Gasteiger partial charge is 0.341 e. The zero-order valence-electron chi connectivity index (χ0n) is 15.7. The summed E-state index contributed by atoms with van der Waals surface area (Å²) >= 11 is 0. The molecule has 1 aromatic carbocycles. The Morgan fingerprint density at radius 2 is 2.04 bits per heavy atom. The number of carbonyl (C=O) groups is 2. The number of nitrogens with one attached hydrogen (secondary N) is 2. The van der Waals surface area contributed by atoms with Gasteiger partial charge in [-0.3, -0.25) is 4.79 Å². The van der Waals surface area contributed by atoms with Crippen LogP contribution in [0.25, 0.3) is 11.0 Å². The van der Waals surface area contributed by atoms with Crippen LogP contribution < -0.4 is 5.32 Å². The number of benzene rings is 1. The summed E-state index contributed by atoms with van der Waals surface area (Å²) in [4.78, 5) is 36.0. The first kappa shape index (κ1) is 18.1. The van der Waals surface area contributed by atoms with Gasteiger partial charge in [0.1, 0.15) is 12.0 Å². The van der Waals surface area contributed by atoms with Gasteiger partial charge in [-0.1, -0.05) is 26.8 Å². The van der Waals surface area contributed by atoms with E-state index >= 15 is 0 Å². The van der Waals surface area contributed by atoms with Crippen LogP contribution in [0.15, 0.2) is 29.5 Å². The fraction of sp³-hybridized carbons (Fsp3) is 0.474. The molecular weight excluding hydrogens is 332 g/mol.